The van der Waals surface area contributed by atoms with E-state index in [1.807, 2.05) is 24.3 Å². The number of halogens is 2. The molecule has 3 aliphatic rings. The maximum atomic E-state index is 13.5. The number of hydrogen-bond donors (Lipinski definition) is 4. The van der Waals surface area contributed by atoms with E-state index in [1.54, 1.807) is 12.1 Å². The van der Waals surface area contributed by atoms with Gasteiger partial charge in [0, 0.05) is 51.5 Å². The van der Waals surface area contributed by atoms with Crippen molar-refractivity contribution in [3.8, 4) is 5.75 Å². The first-order valence-electron chi connectivity index (χ1n) is 14.1. The lowest BCUT2D eigenvalue weighted by molar-refractivity contribution is 0.0862. The van der Waals surface area contributed by atoms with Gasteiger partial charge < -0.3 is 20.7 Å². The summed E-state index contributed by atoms with van der Waals surface area (Å²) >= 11 is 7.00. The summed E-state index contributed by atoms with van der Waals surface area (Å²) in [4.78, 5) is 40.3. The van der Waals surface area contributed by atoms with Crippen molar-refractivity contribution in [2.24, 2.45) is 0 Å². The Morgan fingerprint density at radius 3 is 1.52 bits per heavy atom. The molecule has 2 saturated carbocycles. The minimum atomic E-state index is -0.241. The Labute approximate surface area is 252 Å². The minimum Gasteiger partial charge on any atom is -0.478 e. The molecule has 8 nitrogen and oxygen atoms in total. The van der Waals surface area contributed by atoms with Gasteiger partial charge in [0.2, 0.25) is 0 Å². The third kappa shape index (κ3) is 7.06. The van der Waals surface area contributed by atoms with Gasteiger partial charge in [0.15, 0.2) is 0 Å². The van der Waals surface area contributed by atoms with Gasteiger partial charge in [-0.05, 0) is 73.2 Å². The van der Waals surface area contributed by atoms with E-state index in [4.69, 9.17) is 4.74 Å². The molecule has 1 heterocycles. The number of rotatable bonds is 2. The quantitative estimate of drug-likeness (QED) is 0.338. The van der Waals surface area contributed by atoms with Crippen molar-refractivity contribution >= 4 is 49.6 Å². The van der Waals surface area contributed by atoms with E-state index in [0.29, 0.717) is 33.1 Å². The van der Waals surface area contributed by atoms with Crippen LogP contribution in [0.2, 0.25) is 0 Å². The maximum Gasteiger partial charge on any atom is 0.251 e. The van der Waals surface area contributed by atoms with E-state index in [1.165, 1.54) is 0 Å². The Hall–Kier alpha value is -2.43. The maximum absolute atomic E-state index is 13.5. The zero-order valence-electron chi connectivity index (χ0n) is 22.4. The first-order valence-corrected chi connectivity index (χ1v) is 16.4. The van der Waals surface area contributed by atoms with Crippen LogP contribution in [0.3, 0.4) is 0 Å². The van der Waals surface area contributed by atoms with E-state index in [9.17, 15) is 14.4 Å². The monoisotopic (exact) mass is 674 g/mol. The fraction of sp³-hybridized carbons (Fsp3) is 0.500. The molecule has 214 valence electrons. The molecule has 3 amide bonds. The Morgan fingerprint density at radius 1 is 0.600 bits per heavy atom. The van der Waals surface area contributed by atoms with E-state index in [2.05, 4.69) is 53.1 Å². The fourth-order valence-corrected chi connectivity index (χ4v) is 6.64. The Balaban J connectivity index is 1.48. The predicted octanol–water partition coefficient (Wildman–Crippen LogP) is 4.93. The summed E-state index contributed by atoms with van der Waals surface area (Å²) in [5, 5.41) is 14.1. The van der Waals surface area contributed by atoms with Crippen LogP contribution < -0.4 is 26.0 Å². The lowest BCUT2D eigenvalue weighted by Crippen LogP contribution is -2.53. The molecule has 0 saturated heterocycles. The van der Waals surface area contributed by atoms with Crippen LogP contribution in [0.1, 0.15) is 93.6 Å². The molecule has 4 bridgehead atoms. The molecular weight excluding hydrogens is 640 g/mol. The van der Waals surface area contributed by atoms with Crippen molar-refractivity contribution in [2.75, 3.05) is 6.73 Å². The highest BCUT2D eigenvalue weighted by atomic mass is 79.9. The molecule has 10 heteroatoms. The van der Waals surface area contributed by atoms with E-state index >= 15 is 0 Å². The van der Waals surface area contributed by atoms with Crippen LogP contribution in [-0.4, -0.2) is 48.6 Å². The summed E-state index contributed by atoms with van der Waals surface area (Å²) in [7, 11) is 0. The van der Waals surface area contributed by atoms with E-state index < -0.39 is 0 Å². The Bertz CT molecular complexity index is 1260. The van der Waals surface area contributed by atoms with Gasteiger partial charge in [-0.2, -0.15) is 0 Å². The van der Waals surface area contributed by atoms with Gasteiger partial charge >= 0.3 is 0 Å². The third-order valence-electron chi connectivity index (χ3n) is 8.12. The first kappa shape index (κ1) is 29.1. The van der Waals surface area contributed by atoms with Crippen LogP contribution in [0, 0.1) is 0 Å². The van der Waals surface area contributed by atoms with Crippen molar-refractivity contribution in [3.63, 3.8) is 0 Å². The molecule has 4 atom stereocenters. The zero-order valence-corrected chi connectivity index (χ0v) is 25.6. The molecule has 0 spiro atoms. The molecule has 2 aromatic carbocycles. The number of amides is 3. The van der Waals surface area contributed by atoms with Crippen LogP contribution in [0.25, 0.3) is 0 Å². The van der Waals surface area contributed by atoms with Gasteiger partial charge in [-0.25, -0.2) is 0 Å². The Morgan fingerprint density at radius 2 is 1.02 bits per heavy atom. The lowest BCUT2D eigenvalue weighted by Gasteiger charge is -2.33. The molecule has 40 heavy (non-hydrogen) atoms. The summed E-state index contributed by atoms with van der Waals surface area (Å²) in [5.41, 5.74) is 3.22. The smallest absolute Gasteiger partial charge is 0.251 e. The van der Waals surface area contributed by atoms with Gasteiger partial charge in [0.1, 0.15) is 12.5 Å². The number of carbonyl (C=O) groups is 3. The fourth-order valence-electron chi connectivity index (χ4n) is 6.00. The standard InChI is InChI=1S/C30H36Br2N4O4/c31-15-18-9-20-13-21(10-18)29(38)35-26-7-3-4-8-27(26)36-30(39)22-11-19(16-32)12-23(14-22)40-17-33-24-5-1-2-6-25(24)34-28(20)37/h9-14,24-27,33H,1-8,15-17H2,(H,34,37)(H,35,38)(H,36,39). The zero-order chi connectivity index (χ0) is 28.1. The van der Waals surface area contributed by atoms with Crippen LogP contribution in [0.4, 0.5) is 0 Å². The second kappa shape index (κ2) is 13.5. The minimum absolute atomic E-state index is 0.0483. The van der Waals surface area contributed by atoms with Gasteiger partial charge in [-0.3, -0.25) is 19.7 Å². The second-order valence-electron chi connectivity index (χ2n) is 11.0. The molecule has 0 aromatic heterocycles. The van der Waals surface area contributed by atoms with Gasteiger partial charge in [-0.15, -0.1) is 0 Å². The summed E-state index contributed by atoms with van der Waals surface area (Å²) in [6.07, 6.45) is 7.38. The molecule has 4 N–H and O–H groups in total. The number of ether oxygens (including phenoxy) is 1. The second-order valence-corrected chi connectivity index (χ2v) is 12.1. The van der Waals surface area contributed by atoms with Gasteiger partial charge in [0.05, 0.1) is 0 Å². The number of fused-ring (bicyclic) bond motifs is 6. The van der Waals surface area contributed by atoms with Gasteiger partial charge in [0.25, 0.3) is 17.7 Å². The highest BCUT2D eigenvalue weighted by molar-refractivity contribution is 9.08. The molecule has 5 rings (SSSR count). The summed E-state index contributed by atoms with van der Waals surface area (Å²) in [5.74, 6) is -0.00641. The molecule has 2 aliphatic carbocycles. The van der Waals surface area contributed by atoms with Gasteiger partial charge in [-0.1, -0.05) is 57.5 Å². The highest BCUT2D eigenvalue weighted by Gasteiger charge is 2.30. The van der Waals surface area contributed by atoms with Crippen molar-refractivity contribution in [1.82, 2.24) is 21.3 Å². The lowest BCUT2D eigenvalue weighted by atomic mass is 9.89. The van der Waals surface area contributed by atoms with Crippen molar-refractivity contribution in [3.05, 3.63) is 64.2 Å². The molecular formula is C30H36Br2N4O4. The average molecular weight is 676 g/mol. The van der Waals surface area contributed by atoms with E-state index in [-0.39, 0.29) is 48.6 Å². The topological polar surface area (TPSA) is 109 Å². The van der Waals surface area contributed by atoms with Crippen LogP contribution in [0.15, 0.2) is 36.4 Å². The number of nitrogens with one attached hydrogen (secondary N) is 4. The largest absolute Gasteiger partial charge is 0.478 e. The highest BCUT2D eigenvalue weighted by Crippen LogP contribution is 2.24. The molecule has 0 radical (unpaired) electrons. The molecule has 4 unspecified atom stereocenters. The third-order valence-corrected chi connectivity index (χ3v) is 9.41. The normalized spacial score (nSPS) is 25.9. The first-order chi connectivity index (χ1) is 19.4. The van der Waals surface area contributed by atoms with Crippen LogP contribution in [0.5, 0.6) is 5.75 Å². The summed E-state index contributed by atoms with van der Waals surface area (Å²) in [6, 6.07) is 10.4. The average Bonchev–Trinajstić information content (AvgIpc) is 2.98. The SMILES string of the molecule is O=C1NC2CCCCC2NCOc2cc(CBr)cc(c2)C(=O)NC2CCCCC2NC(=O)c2cc(CBr)cc1c2. The summed E-state index contributed by atoms with van der Waals surface area (Å²) < 4.78 is 6.08. The van der Waals surface area contributed by atoms with Crippen LogP contribution >= 0.6 is 31.9 Å². The number of carbonyl (C=O) groups excluding carboxylic acids is 3. The van der Waals surface area contributed by atoms with E-state index in [0.717, 1.165) is 62.5 Å². The molecule has 2 aromatic rings. The van der Waals surface area contributed by atoms with Crippen molar-refractivity contribution < 1.29 is 19.1 Å². The molecule has 2 fully saturated rings. The van der Waals surface area contributed by atoms with Crippen molar-refractivity contribution in [1.29, 1.82) is 0 Å². The summed E-state index contributed by atoms with van der Waals surface area (Å²) in [6.45, 7) is 0.260. The number of alkyl halides is 2. The predicted molar refractivity (Wildman–Crippen MR) is 161 cm³/mol. The number of hydrogen-bond acceptors (Lipinski definition) is 5. The van der Waals surface area contributed by atoms with Crippen molar-refractivity contribution in [2.45, 2.75) is 86.2 Å². The van der Waals surface area contributed by atoms with Crippen LogP contribution in [-0.2, 0) is 10.7 Å². The number of benzene rings is 2. The Kier molecular flexibility index (Phi) is 9.80. The molecule has 1 aliphatic heterocycles.